The van der Waals surface area contributed by atoms with E-state index in [0.717, 1.165) is 50.4 Å². The van der Waals surface area contributed by atoms with Crippen LogP contribution in [0.15, 0.2) is 29.1 Å². The average molecular weight is 431 g/mol. The fourth-order valence-electron chi connectivity index (χ4n) is 4.46. The van der Waals surface area contributed by atoms with Gasteiger partial charge in [0.2, 0.25) is 10.0 Å². The number of fused-ring (bicyclic) bond motifs is 1. The van der Waals surface area contributed by atoms with E-state index in [4.69, 9.17) is 4.98 Å². The third-order valence-electron chi connectivity index (χ3n) is 6.25. The molecule has 2 aromatic rings. The Hall–Kier alpha value is -2.03. The van der Waals surface area contributed by atoms with Gasteiger partial charge in [0.05, 0.1) is 17.5 Å². The van der Waals surface area contributed by atoms with Crippen LogP contribution < -0.4 is 5.56 Å². The van der Waals surface area contributed by atoms with E-state index in [-0.39, 0.29) is 18.0 Å². The Morgan fingerprint density at radius 3 is 2.60 bits per heavy atom. The lowest BCUT2D eigenvalue weighted by molar-refractivity contribution is 0.196. The van der Waals surface area contributed by atoms with Crippen LogP contribution in [-0.2, 0) is 36.0 Å². The van der Waals surface area contributed by atoms with Crippen LogP contribution in [0.2, 0.25) is 0 Å². The molecule has 1 N–H and O–H groups in total. The van der Waals surface area contributed by atoms with Crippen LogP contribution in [0.4, 0.5) is 0 Å². The summed E-state index contributed by atoms with van der Waals surface area (Å²) in [5.41, 5.74) is 3.69. The van der Waals surface area contributed by atoms with Gasteiger partial charge >= 0.3 is 0 Å². The Bertz CT molecular complexity index is 1060. The van der Waals surface area contributed by atoms with Crippen LogP contribution >= 0.6 is 0 Å². The van der Waals surface area contributed by atoms with E-state index in [2.05, 4.69) is 41.1 Å². The molecule has 0 saturated carbocycles. The topological polar surface area (TPSA) is 86.4 Å². The number of benzene rings is 1. The molecule has 0 unspecified atom stereocenters. The number of aryl methyl sites for hydroxylation is 1. The third-order valence-corrected chi connectivity index (χ3v) is 7.50. The van der Waals surface area contributed by atoms with E-state index in [1.807, 2.05) is 0 Å². The summed E-state index contributed by atoms with van der Waals surface area (Å²) < 4.78 is 25.0. The number of nitrogens with one attached hydrogen (secondary N) is 1. The van der Waals surface area contributed by atoms with Crippen molar-refractivity contribution in [3.8, 4) is 0 Å². The standard InChI is InChI=1S/C22H30N4O3S/c1-3-16-6-8-17(9-7-16)13-25-11-4-5-18(14-25)21-23-20-10-12-26(30(2,28)29)15-19(20)22(27)24-21/h6-9,18H,3-5,10-15H2,1-2H3,(H,23,24,27)/t18-/m1/s1. The molecule has 1 aromatic carbocycles. The maximum Gasteiger partial charge on any atom is 0.255 e. The minimum atomic E-state index is -3.31. The van der Waals surface area contributed by atoms with Crippen LogP contribution in [-0.4, -0.2) is 53.5 Å². The molecule has 162 valence electrons. The number of hydrogen-bond donors (Lipinski definition) is 1. The molecule has 2 aliphatic heterocycles. The molecule has 0 bridgehead atoms. The van der Waals surface area contributed by atoms with Crippen molar-refractivity contribution in [2.45, 2.75) is 51.6 Å². The monoisotopic (exact) mass is 430 g/mol. The summed E-state index contributed by atoms with van der Waals surface area (Å²) in [7, 11) is -3.31. The van der Waals surface area contributed by atoms with Gasteiger partial charge in [-0.05, 0) is 36.9 Å². The maximum atomic E-state index is 12.7. The number of sulfonamides is 1. The number of H-pyrrole nitrogens is 1. The average Bonchev–Trinajstić information content (AvgIpc) is 2.73. The number of piperidine rings is 1. The summed E-state index contributed by atoms with van der Waals surface area (Å²) in [4.78, 5) is 22.9. The van der Waals surface area contributed by atoms with Gasteiger partial charge in [0.15, 0.2) is 0 Å². The lowest BCUT2D eigenvalue weighted by Gasteiger charge is -2.33. The SMILES string of the molecule is CCc1ccc(CN2CCC[C@@H](c3nc4c(c(=O)[nH]3)CN(S(C)(=O)=O)CC4)C2)cc1. The molecule has 2 aliphatic rings. The number of hydrogen-bond acceptors (Lipinski definition) is 5. The number of rotatable bonds is 5. The van der Waals surface area contributed by atoms with Gasteiger partial charge in [-0.15, -0.1) is 0 Å². The van der Waals surface area contributed by atoms with Crippen molar-refractivity contribution in [2.75, 3.05) is 25.9 Å². The third kappa shape index (κ3) is 4.66. The van der Waals surface area contributed by atoms with E-state index in [9.17, 15) is 13.2 Å². The van der Waals surface area contributed by atoms with Crippen molar-refractivity contribution in [3.05, 3.63) is 62.8 Å². The molecular weight excluding hydrogens is 400 g/mol. The van der Waals surface area contributed by atoms with Gasteiger partial charge in [0, 0.05) is 38.5 Å². The summed E-state index contributed by atoms with van der Waals surface area (Å²) in [5, 5.41) is 0. The smallest absolute Gasteiger partial charge is 0.255 e. The highest BCUT2D eigenvalue weighted by Gasteiger charge is 2.29. The summed E-state index contributed by atoms with van der Waals surface area (Å²) >= 11 is 0. The second-order valence-electron chi connectivity index (χ2n) is 8.47. The minimum Gasteiger partial charge on any atom is -0.310 e. The Labute approximate surface area is 178 Å². The molecule has 0 spiro atoms. The zero-order valence-electron chi connectivity index (χ0n) is 17.7. The molecule has 1 atom stereocenters. The van der Waals surface area contributed by atoms with Crippen LogP contribution in [0.25, 0.3) is 0 Å². The molecular formula is C22H30N4O3S. The molecule has 8 heteroatoms. The zero-order valence-corrected chi connectivity index (χ0v) is 18.5. The molecule has 1 saturated heterocycles. The Morgan fingerprint density at radius 1 is 1.17 bits per heavy atom. The highest BCUT2D eigenvalue weighted by Crippen LogP contribution is 2.26. The van der Waals surface area contributed by atoms with Crippen LogP contribution in [0.3, 0.4) is 0 Å². The van der Waals surface area contributed by atoms with Crippen molar-refractivity contribution in [3.63, 3.8) is 0 Å². The van der Waals surface area contributed by atoms with Crippen molar-refractivity contribution >= 4 is 10.0 Å². The number of likely N-dealkylation sites (tertiary alicyclic amines) is 1. The highest BCUT2D eigenvalue weighted by atomic mass is 32.2. The predicted molar refractivity (Wildman–Crippen MR) is 117 cm³/mol. The molecule has 1 fully saturated rings. The summed E-state index contributed by atoms with van der Waals surface area (Å²) in [6.45, 7) is 5.47. The van der Waals surface area contributed by atoms with Crippen LogP contribution in [0.5, 0.6) is 0 Å². The van der Waals surface area contributed by atoms with Crippen LogP contribution in [0.1, 0.15) is 53.9 Å². The fourth-order valence-corrected chi connectivity index (χ4v) is 5.24. The van der Waals surface area contributed by atoms with Crippen LogP contribution in [0, 0.1) is 0 Å². The summed E-state index contributed by atoms with van der Waals surface area (Å²) in [6, 6.07) is 8.79. The number of aromatic amines is 1. The molecule has 0 aliphatic carbocycles. The lowest BCUT2D eigenvalue weighted by atomic mass is 9.96. The first-order valence-electron chi connectivity index (χ1n) is 10.7. The Morgan fingerprint density at radius 2 is 1.90 bits per heavy atom. The first kappa shape index (κ1) is 21.2. The minimum absolute atomic E-state index is 0.112. The second kappa shape index (κ2) is 8.61. The van der Waals surface area contributed by atoms with E-state index in [1.54, 1.807) is 0 Å². The molecule has 0 amide bonds. The van der Waals surface area contributed by atoms with E-state index < -0.39 is 10.0 Å². The zero-order chi connectivity index (χ0) is 21.3. The molecule has 30 heavy (non-hydrogen) atoms. The van der Waals surface area contributed by atoms with E-state index >= 15 is 0 Å². The van der Waals surface area contributed by atoms with E-state index in [1.165, 1.54) is 21.7 Å². The van der Waals surface area contributed by atoms with Crippen molar-refractivity contribution in [1.82, 2.24) is 19.2 Å². The van der Waals surface area contributed by atoms with E-state index in [0.29, 0.717) is 18.5 Å². The molecule has 7 nitrogen and oxygen atoms in total. The molecule has 0 radical (unpaired) electrons. The van der Waals surface area contributed by atoms with Gasteiger partial charge in [-0.1, -0.05) is 31.2 Å². The quantitative estimate of drug-likeness (QED) is 0.784. The maximum absolute atomic E-state index is 12.7. The largest absolute Gasteiger partial charge is 0.310 e. The van der Waals surface area contributed by atoms with Gasteiger partial charge in [-0.3, -0.25) is 9.69 Å². The molecule has 3 heterocycles. The highest BCUT2D eigenvalue weighted by molar-refractivity contribution is 7.88. The van der Waals surface area contributed by atoms with Crippen molar-refractivity contribution < 1.29 is 8.42 Å². The lowest BCUT2D eigenvalue weighted by Crippen LogP contribution is -2.40. The van der Waals surface area contributed by atoms with Gasteiger partial charge in [0.1, 0.15) is 5.82 Å². The number of nitrogens with zero attached hydrogens (tertiary/aromatic N) is 3. The summed E-state index contributed by atoms with van der Waals surface area (Å²) in [6.07, 6.45) is 4.79. The number of aromatic nitrogens is 2. The van der Waals surface area contributed by atoms with Gasteiger partial charge in [-0.25, -0.2) is 13.4 Å². The molecule has 4 rings (SSSR count). The van der Waals surface area contributed by atoms with Gasteiger partial charge < -0.3 is 4.98 Å². The molecule has 1 aromatic heterocycles. The van der Waals surface area contributed by atoms with Crippen molar-refractivity contribution in [2.24, 2.45) is 0 Å². The van der Waals surface area contributed by atoms with Crippen molar-refractivity contribution in [1.29, 1.82) is 0 Å². The summed E-state index contributed by atoms with van der Waals surface area (Å²) in [5.74, 6) is 0.942. The van der Waals surface area contributed by atoms with Gasteiger partial charge in [-0.2, -0.15) is 4.31 Å². The Balaban J connectivity index is 1.48. The normalized spacial score (nSPS) is 20.8. The second-order valence-corrected chi connectivity index (χ2v) is 10.4. The fraction of sp³-hybridized carbons (Fsp3) is 0.545. The van der Waals surface area contributed by atoms with Gasteiger partial charge in [0.25, 0.3) is 5.56 Å². The first-order valence-corrected chi connectivity index (χ1v) is 12.6. The Kier molecular flexibility index (Phi) is 6.09. The first-order chi connectivity index (χ1) is 14.3. The predicted octanol–water partition coefficient (Wildman–Crippen LogP) is 2.03.